The Labute approximate surface area is 86.0 Å². The molecule has 2 aliphatic rings. The van der Waals surface area contributed by atoms with Gasteiger partial charge in [0.25, 0.3) is 0 Å². The van der Waals surface area contributed by atoms with Crippen molar-refractivity contribution in [3.63, 3.8) is 0 Å². The molecule has 0 aliphatic heterocycles. The first kappa shape index (κ1) is 10.2. The third kappa shape index (κ3) is 2.00. The molecule has 2 saturated carbocycles. The summed E-state index contributed by atoms with van der Waals surface area (Å²) in [5.41, 5.74) is 0. The van der Waals surface area contributed by atoms with Crippen molar-refractivity contribution in [2.45, 2.75) is 51.0 Å². The van der Waals surface area contributed by atoms with Gasteiger partial charge < -0.3 is 4.74 Å². The molecule has 80 valence electrons. The highest BCUT2D eigenvalue weighted by molar-refractivity contribution is 5.78. The maximum Gasteiger partial charge on any atom is 0.133 e. The van der Waals surface area contributed by atoms with Crippen LogP contribution < -0.4 is 0 Å². The highest BCUT2D eigenvalue weighted by atomic mass is 16.5. The molecule has 0 spiro atoms. The molecule has 2 rings (SSSR count). The molecule has 2 fully saturated rings. The molecule has 2 nitrogen and oxygen atoms in total. The van der Waals surface area contributed by atoms with Gasteiger partial charge in [0.2, 0.25) is 0 Å². The fourth-order valence-corrected chi connectivity index (χ4v) is 3.19. The van der Waals surface area contributed by atoms with Gasteiger partial charge >= 0.3 is 0 Å². The maximum absolute atomic E-state index is 11.4. The predicted molar refractivity (Wildman–Crippen MR) is 55.1 cm³/mol. The molecule has 3 atom stereocenters. The smallest absolute Gasteiger partial charge is 0.133 e. The molecule has 0 unspecified atom stereocenters. The van der Waals surface area contributed by atoms with Gasteiger partial charge in [-0.2, -0.15) is 0 Å². The molecule has 2 heteroatoms. The summed E-state index contributed by atoms with van der Waals surface area (Å²) in [4.78, 5) is 11.4. The summed E-state index contributed by atoms with van der Waals surface area (Å²) in [6.45, 7) is 0. The summed E-state index contributed by atoms with van der Waals surface area (Å²) in [5, 5.41) is 0. The first-order valence-electron chi connectivity index (χ1n) is 5.85. The minimum absolute atomic E-state index is 0.353. The van der Waals surface area contributed by atoms with Crippen LogP contribution in [0.1, 0.15) is 44.9 Å². The first-order valence-corrected chi connectivity index (χ1v) is 5.85. The van der Waals surface area contributed by atoms with E-state index < -0.39 is 0 Å². The number of methoxy groups -OCH3 is 1. The Kier molecular flexibility index (Phi) is 3.22. The van der Waals surface area contributed by atoms with Crippen LogP contribution in [0, 0.1) is 11.8 Å². The van der Waals surface area contributed by atoms with Crippen molar-refractivity contribution in [3.8, 4) is 0 Å². The summed E-state index contributed by atoms with van der Waals surface area (Å²) in [5.74, 6) is 1.95. The zero-order valence-electron chi connectivity index (χ0n) is 9.00. The van der Waals surface area contributed by atoms with E-state index in [2.05, 4.69) is 0 Å². The molecule has 0 heterocycles. The minimum atomic E-state index is 0.353. The van der Waals surface area contributed by atoms with Gasteiger partial charge in [-0.3, -0.25) is 4.79 Å². The third-order valence-electron chi connectivity index (χ3n) is 4.00. The van der Waals surface area contributed by atoms with Crippen molar-refractivity contribution >= 4 is 5.78 Å². The number of ketones is 1. The lowest BCUT2D eigenvalue weighted by Crippen LogP contribution is -2.29. The zero-order chi connectivity index (χ0) is 9.97. The van der Waals surface area contributed by atoms with Crippen LogP contribution >= 0.6 is 0 Å². The normalized spacial score (nSPS) is 38.9. The van der Waals surface area contributed by atoms with E-state index >= 15 is 0 Å². The van der Waals surface area contributed by atoms with E-state index in [4.69, 9.17) is 4.74 Å². The Morgan fingerprint density at radius 2 is 1.93 bits per heavy atom. The SMILES string of the molecule is CO[C@H]1CCC(=O)CC[C@H]2CCC[C@@H]21. The Bertz CT molecular complexity index is 212. The maximum atomic E-state index is 11.4. The van der Waals surface area contributed by atoms with Crippen LogP contribution in [0.2, 0.25) is 0 Å². The van der Waals surface area contributed by atoms with Gasteiger partial charge in [-0.25, -0.2) is 0 Å². The average molecular weight is 196 g/mol. The van der Waals surface area contributed by atoms with Crippen molar-refractivity contribution in [2.75, 3.05) is 7.11 Å². The van der Waals surface area contributed by atoms with Crippen LogP contribution in [0.4, 0.5) is 0 Å². The number of rotatable bonds is 1. The quantitative estimate of drug-likeness (QED) is 0.644. The number of ether oxygens (including phenoxy) is 1. The molecule has 0 N–H and O–H groups in total. The molecule has 0 bridgehead atoms. The van der Waals surface area contributed by atoms with E-state index in [1.54, 1.807) is 7.11 Å². The summed E-state index contributed by atoms with van der Waals surface area (Å²) >= 11 is 0. The molecule has 0 aromatic carbocycles. The fraction of sp³-hybridized carbons (Fsp3) is 0.917. The summed E-state index contributed by atoms with van der Waals surface area (Å²) in [6, 6.07) is 0. The van der Waals surface area contributed by atoms with Gasteiger partial charge in [-0.15, -0.1) is 0 Å². The van der Waals surface area contributed by atoms with Crippen LogP contribution in [-0.4, -0.2) is 19.0 Å². The minimum Gasteiger partial charge on any atom is -0.381 e. The molecule has 0 aromatic rings. The highest BCUT2D eigenvalue weighted by Gasteiger charge is 2.35. The van der Waals surface area contributed by atoms with Crippen molar-refractivity contribution in [3.05, 3.63) is 0 Å². The fourth-order valence-electron chi connectivity index (χ4n) is 3.19. The average Bonchev–Trinajstić information content (AvgIpc) is 2.61. The lowest BCUT2D eigenvalue weighted by Gasteiger charge is -2.29. The molecule has 0 radical (unpaired) electrons. The van der Waals surface area contributed by atoms with E-state index in [9.17, 15) is 4.79 Å². The van der Waals surface area contributed by atoms with Crippen LogP contribution in [0.3, 0.4) is 0 Å². The summed E-state index contributed by atoms with van der Waals surface area (Å²) in [7, 11) is 1.80. The second-order valence-electron chi connectivity index (χ2n) is 4.75. The van der Waals surface area contributed by atoms with Crippen molar-refractivity contribution < 1.29 is 9.53 Å². The Morgan fingerprint density at radius 3 is 2.71 bits per heavy atom. The zero-order valence-corrected chi connectivity index (χ0v) is 9.00. The monoisotopic (exact) mass is 196 g/mol. The lowest BCUT2D eigenvalue weighted by atomic mass is 9.82. The number of Topliss-reactive ketones (excluding diaryl/α,β-unsaturated/α-hetero) is 1. The number of fused-ring (bicyclic) bond motifs is 1. The largest absolute Gasteiger partial charge is 0.381 e. The third-order valence-corrected chi connectivity index (χ3v) is 4.00. The number of hydrogen-bond acceptors (Lipinski definition) is 2. The van der Waals surface area contributed by atoms with Crippen molar-refractivity contribution in [2.24, 2.45) is 11.8 Å². The Morgan fingerprint density at radius 1 is 1.14 bits per heavy atom. The number of carbonyl (C=O) groups excluding carboxylic acids is 1. The van der Waals surface area contributed by atoms with Crippen molar-refractivity contribution in [1.29, 1.82) is 0 Å². The molecular weight excluding hydrogens is 176 g/mol. The van der Waals surface area contributed by atoms with E-state index in [-0.39, 0.29) is 0 Å². The molecule has 0 amide bonds. The Hall–Kier alpha value is -0.370. The van der Waals surface area contributed by atoms with E-state index in [0.29, 0.717) is 11.9 Å². The Balaban J connectivity index is 2.04. The van der Waals surface area contributed by atoms with E-state index in [1.807, 2.05) is 0 Å². The second kappa shape index (κ2) is 4.43. The van der Waals surface area contributed by atoms with Gasteiger partial charge in [-0.1, -0.05) is 12.8 Å². The first-order chi connectivity index (χ1) is 6.81. The van der Waals surface area contributed by atoms with E-state index in [1.165, 1.54) is 19.3 Å². The van der Waals surface area contributed by atoms with Crippen LogP contribution in [0.5, 0.6) is 0 Å². The summed E-state index contributed by atoms with van der Waals surface area (Å²) in [6.07, 6.45) is 7.95. The van der Waals surface area contributed by atoms with Crippen molar-refractivity contribution in [1.82, 2.24) is 0 Å². The van der Waals surface area contributed by atoms with Gasteiger partial charge in [0.15, 0.2) is 0 Å². The second-order valence-corrected chi connectivity index (χ2v) is 4.75. The lowest BCUT2D eigenvalue weighted by molar-refractivity contribution is -0.121. The number of carbonyl (C=O) groups is 1. The predicted octanol–water partition coefficient (Wildman–Crippen LogP) is 2.56. The highest BCUT2D eigenvalue weighted by Crippen LogP contribution is 2.40. The number of hydrogen-bond donors (Lipinski definition) is 0. The van der Waals surface area contributed by atoms with Gasteiger partial charge in [0, 0.05) is 20.0 Å². The van der Waals surface area contributed by atoms with Crippen LogP contribution in [-0.2, 0) is 9.53 Å². The summed E-state index contributed by atoms with van der Waals surface area (Å²) < 4.78 is 5.54. The van der Waals surface area contributed by atoms with E-state index in [0.717, 1.165) is 37.5 Å². The topological polar surface area (TPSA) is 26.3 Å². The van der Waals surface area contributed by atoms with Gasteiger partial charge in [-0.05, 0) is 31.1 Å². The molecular formula is C12H20O2. The molecule has 0 saturated heterocycles. The standard InChI is InChI=1S/C12H20O2/c1-14-12-8-7-10(13)6-5-9-3-2-4-11(9)12/h9,11-12H,2-8H2,1H3/t9-,11+,12+/m1/s1. The van der Waals surface area contributed by atoms with Gasteiger partial charge in [0.05, 0.1) is 6.10 Å². The molecule has 14 heavy (non-hydrogen) atoms. The molecule has 2 aliphatic carbocycles. The molecule has 0 aromatic heterocycles. The van der Waals surface area contributed by atoms with Crippen LogP contribution in [0.15, 0.2) is 0 Å². The van der Waals surface area contributed by atoms with Crippen LogP contribution in [0.25, 0.3) is 0 Å². The van der Waals surface area contributed by atoms with Gasteiger partial charge in [0.1, 0.15) is 5.78 Å².